The van der Waals surface area contributed by atoms with E-state index in [0.717, 1.165) is 41.1 Å². The van der Waals surface area contributed by atoms with Gasteiger partial charge in [-0.3, -0.25) is 0 Å². The van der Waals surface area contributed by atoms with Gasteiger partial charge in [0.1, 0.15) is 5.75 Å². The van der Waals surface area contributed by atoms with Crippen molar-refractivity contribution in [3.05, 3.63) is 66.1 Å². The minimum atomic E-state index is 0.199. The quantitative estimate of drug-likeness (QED) is 0.589. The number of phenols is 1. The summed E-state index contributed by atoms with van der Waals surface area (Å²) < 4.78 is 1.85. The van der Waals surface area contributed by atoms with E-state index < -0.39 is 0 Å². The first kappa shape index (κ1) is 16.0. The van der Waals surface area contributed by atoms with E-state index in [1.165, 1.54) is 0 Å². The summed E-state index contributed by atoms with van der Waals surface area (Å²) in [4.78, 5) is 0. The number of rotatable bonds is 3. The number of benzene rings is 1. The lowest BCUT2D eigenvalue weighted by Gasteiger charge is -2.25. The van der Waals surface area contributed by atoms with Crippen LogP contribution in [0.15, 0.2) is 54.7 Å². The van der Waals surface area contributed by atoms with Crippen LogP contribution in [0.1, 0.15) is 17.3 Å². The van der Waals surface area contributed by atoms with Crippen molar-refractivity contribution in [1.82, 2.24) is 25.1 Å². The highest BCUT2D eigenvalue weighted by molar-refractivity contribution is 5.76. The van der Waals surface area contributed by atoms with Gasteiger partial charge in [-0.2, -0.15) is 15.3 Å². The lowest BCUT2D eigenvalue weighted by molar-refractivity contribution is 0.436. The molecule has 0 amide bonds. The Balaban J connectivity index is 1.47. The highest BCUT2D eigenvalue weighted by Gasteiger charge is 2.20. The second-order valence-electron chi connectivity index (χ2n) is 7.00. The van der Waals surface area contributed by atoms with E-state index in [-0.39, 0.29) is 5.75 Å². The zero-order valence-corrected chi connectivity index (χ0v) is 14.9. The molecule has 6 nitrogen and oxygen atoms in total. The molecule has 0 unspecified atom stereocenters. The molecule has 0 saturated carbocycles. The second kappa shape index (κ2) is 6.17. The molecule has 0 aliphatic carbocycles. The number of nitrogens with one attached hydrogen (secondary N) is 1. The number of aromatic hydroxyl groups is 1. The molecule has 0 radical (unpaired) electrons. The Hall–Kier alpha value is -3.25. The van der Waals surface area contributed by atoms with Crippen LogP contribution in [-0.4, -0.2) is 38.0 Å². The van der Waals surface area contributed by atoms with E-state index in [0.29, 0.717) is 17.2 Å². The molecule has 0 atom stereocenters. The maximum atomic E-state index is 10.6. The predicted molar refractivity (Wildman–Crippen MR) is 104 cm³/mol. The van der Waals surface area contributed by atoms with E-state index in [2.05, 4.69) is 26.7 Å². The molecule has 1 aliphatic heterocycles. The van der Waals surface area contributed by atoms with E-state index in [1.807, 2.05) is 54.0 Å². The molecule has 5 rings (SSSR count). The van der Waals surface area contributed by atoms with Crippen molar-refractivity contribution in [2.45, 2.75) is 12.8 Å². The monoisotopic (exact) mass is 357 g/mol. The van der Waals surface area contributed by atoms with E-state index in [4.69, 9.17) is 0 Å². The van der Waals surface area contributed by atoms with Gasteiger partial charge in [0.2, 0.25) is 0 Å². The Labute approximate surface area is 156 Å². The van der Waals surface area contributed by atoms with Gasteiger partial charge in [0.25, 0.3) is 0 Å². The molecule has 3 aromatic heterocycles. The highest BCUT2D eigenvalue weighted by Crippen LogP contribution is 2.33. The van der Waals surface area contributed by atoms with Gasteiger partial charge >= 0.3 is 0 Å². The van der Waals surface area contributed by atoms with Crippen LogP contribution in [0.2, 0.25) is 0 Å². The van der Waals surface area contributed by atoms with Gasteiger partial charge < -0.3 is 10.4 Å². The van der Waals surface area contributed by atoms with Crippen molar-refractivity contribution in [2.75, 3.05) is 13.1 Å². The van der Waals surface area contributed by atoms with Gasteiger partial charge in [0.15, 0.2) is 0 Å². The van der Waals surface area contributed by atoms with Crippen molar-refractivity contribution in [1.29, 1.82) is 0 Å². The molecule has 0 bridgehead atoms. The van der Waals surface area contributed by atoms with E-state index >= 15 is 0 Å². The smallest absolute Gasteiger partial charge is 0.125 e. The molecule has 1 aliphatic rings. The molecule has 27 heavy (non-hydrogen) atoms. The zero-order valence-electron chi connectivity index (χ0n) is 14.9. The lowest BCUT2D eigenvalue weighted by Crippen LogP contribution is -2.40. The Morgan fingerprint density at radius 3 is 2.56 bits per heavy atom. The van der Waals surface area contributed by atoms with Crippen LogP contribution in [-0.2, 0) is 0 Å². The number of pyridine rings is 1. The summed E-state index contributed by atoms with van der Waals surface area (Å²) in [5.41, 5.74) is 6.34. The first-order chi connectivity index (χ1) is 13.2. The summed E-state index contributed by atoms with van der Waals surface area (Å²) in [6, 6.07) is 15.7. The number of aryl methyl sites for hydroxylation is 1. The third-order valence-electron chi connectivity index (χ3n) is 5.08. The number of phenolic OH excluding ortho intramolecular Hbond substituents is 1. The normalized spacial score (nSPS) is 14.4. The van der Waals surface area contributed by atoms with Crippen molar-refractivity contribution in [3.63, 3.8) is 0 Å². The van der Waals surface area contributed by atoms with Crippen LogP contribution in [0.3, 0.4) is 0 Å². The molecule has 4 heterocycles. The van der Waals surface area contributed by atoms with Gasteiger partial charge in [0, 0.05) is 30.8 Å². The standard InChI is InChI=1S/C21H19N5O/c1-13-8-17-9-15(6-7-26(17)25-13)14-2-3-18(21(27)10-14)20-5-4-19(23-24-20)16-11-22-12-16/h2-10,16,22,27H,11-12H2,1H3. The molecule has 1 saturated heterocycles. The fourth-order valence-corrected chi connectivity index (χ4v) is 3.43. The summed E-state index contributed by atoms with van der Waals surface area (Å²) in [5, 5.41) is 26.8. The minimum Gasteiger partial charge on any atom is -0.507 e. The Bertz CT molecular complexity index is 1130. The predicted octanol–water partition coefficient (Wildman–Crippen LogP) is 3.16. The molecule has 1 aromatic carbocycles. The van der Waals surface area contributed by atoms with Crippen LogP contribution >= 0.6 is 0 Å². The van der Waals surface area contributed by atoms with Crippen LogP contribution in [0.4, 0.5) is 0 Å². The molecule has 6 heteroatoms. The topological polar surface area (TPSA) is 75.3 Å². The maximum absolute atomic E-state index is 10.6. The first-order valence-corrected chi connectivity index (χ1v) is 9.01. The average molecular weight is 357 g/mol. The molecular formula is C21H19N5O. The van der Waals surface area contributed by atoms with Gasteiger partial charge in [-0.15, -0.1) is 0 Å². The van der Waals surface area contributed by atoms with E-state index in [9.17, 15) is 5.11 Å². The van der Waals surface area contributed by atoms with Gasteiger partial charge in [-0.1, -0.05) is 6.07 Å². The maximum Gasteiger partial charge on any atom is 0.125 e. The SMILES string of the molecule is Cc1cc2cc(-c3ccc(-c4ccc(C5CNC5)nn4)c(O)c3)ccn2n1. The van der Waals surface area contributed by atoms with Gasteiger partial charge in [-0.05, 0) is 60.5 Å². The van der Waals surface area contributed by atoms with E-state index in [1.54, 1.807) is 6.07 Å². The Kier molecular flexibility index (Phi) is 3.65. The second-order valence-corrected chi connectivity index (χ2v) is 7.00. The third-order valence-corrected chi connectivity index (χ3v) is 5.08. The third kappa shape index (κ3) is 2.84. The zero-order chi connectivity index (χ0) is 18.4. The minimum absolute atomic E-state index is 0.199. The Morgan fingerprint density at radius 1 is 1.00 bits per heavy atom. The fourth-order valence-electron chi connectivity index (χ4n) is 3.43. The highest BCUT2D eigenvalue weighted by atomic mass is 16.3. The largest absolute Gasteiger partial charge is 0.507 e. The van der Waals surface area contributed by atoms with Crippen LogP contribution in [0.25, 0.3) is 27.9 Å². The van der Waals surface area contributed by atoms with Crippen molar-refractivity contribution in [2.24, 2.45) is 0 Å². The number of hydrogen-bond acceptors (Lipinski definition) is 5. The fraction of sp³-hybridized carbons (Fsp3) is 0.190. The molecule has 1 fully saturated rings. The van der Waals surface area contributed by atoms with Crippen molar-refractivity contribution >= 4 is 5.52 Å². The van der Waals surface area contributed by atoms with Gasteiger partial charge in [0.05, 0.1) is 22.6 Å². The molecular weight excluding hydrogens is 338 g/mol. The summed E-state index contributed by atoms with van der Waals surface area (Å²) >= 11 is 0. The van der Waals surface area contributed by atoms with Crippen molar-refractivity contribution < 1.29 is 5.11 Å². The van der Waals surface area contributed by atoms with Gasteiger partial charge in [-0.25, -0.2) is 4.52 Å². The summed E-state index contributed by atoms with van der Waals surface area (Å²) in [7, 11) is 0. The summed E-state index contributed by atoms with van der Waals surface area (Å²) in [5.74, 6) is 0.647. The molecule has 4 aromatic rings. The number of fused-ring (bicyclic) bond motifs is 1. The van der Waals surface area contributed by atoms with Crippen molar-refractivity contribution in [3.8, 4) is 28.1 Å². The molecule has 2 N–H and O–H groups in total. The summed E-state index contributed by atoms with van der Waals surface area (Å²) in [6.45, 7) is 3.88. The number of hydrogen-bond donors (Lipinski definition) is 2. The number of aromatic nitrogens is 4. The number of nitrogens with zero attached hydrogens (tertiary/aromatic N) is 4. The van der Waals surface area contributed by atoms with Crippen LogP contribution in [0.5, 0.6) is 5.75 Å². The lowest BCUT2D eigenvalue weighted by atomic mass is 9.98. The Morgan fingerprint density at radius 2 is 1.85 bits per heavy atom. The average Bonchev–Trinajstić information content (AvgIpc) is 3.00. The summed E-state index contributed by atoms with van der Waals surface area (Å²) in [6.07, 6.45) is 1.93. The first-order valence-electron chi connectivity index (χ1n) is 9.01. The molecule has 0 spiro atoms. The molecule has 134 valence electrons. The van der Waals surface area contributed by atoms with Crippen LogP contribution in [0, 0.1) is 6.92 Å². The van der Waals surface area contributed by atoms with Crippen LogP contribution < -0.4 is 5.32 Å².